The molecule has 1 N–H and O–H groups in total. The second-order valence-electron chi connectivity index (χ2n) is 5.71. The van der Waals surface area contributed by atoms with Gasteiger partial charge in [-0.15, -0.1) is 5.10 Å². The molecule has 0 amide bonds. The number of H-pyrrole nitrogens is 1. The molecule has 2 heterocycles. The van der Waals surface area contributed by atoms with E-state index in [1.54, 1.807) is 6.07 Å². The summed E-state index contributed by atoms with van der Waals surface area (Å²) in [6.45, 7) is -0.324. The number of pyridine rings is 1. The molecule has 2 aromatic heterocycles. The first-order valence-electron chi connectivity index (χ1n) is 7.76. The lowest BCUT2D eigenvalue weighted by Gasteiger charge is -2.13. The first kappa shape index (κ1) is 20.1. The number of aromatic amines is 1. The third kappa shape index (κ3) is 4.63. The van der Waals surface area contributed by atoms with Crippen LogP contribution in [0, 0.1) is 11.3 Å². The van der Waals surface area contributed by atoms with Crippen molar-refractivity contribution in [2.75, 3.05) is 0 Å². The molecule has 1 aromatic carbocycles. The largest absolute Gasteiger partial charge is 0.489 e. The molecule has 0 saturated carbocycles. The highest BCUT2D eigenvalue weighted by Crippen LogP contribution is 2.36. The first-order chi connectivity index (χ1) is 13.6. The quantitative estimate of drug-likeness (QED) is 0.643. The van der Waals surface area contributed by atoms with Gasteiger partial charge in [0, 0.05) is 17.3 Å². The zero-order chi connectivity index (χ0) is 21.2. The minimum atomic E-state index is -4.71. The average Bonchev–Trinajstić information content (AvgIpc) is 3.14. The second-order valence-corrected chi connectivity index (χ2v) is 5.71. The van der Waals surface area contributed by atoms with Crippen molar-refractivity contribution in [1.29, 1.82) is 5.26 Å². The van der Waals surface area contributed by atoms with Gasteiger partial charge in [0.2, 0.25) is 0 Å². The number of nitrogens with zero attached hydrogens (tertiary/aromatic N) is 4. The van der Waals surface area contributed by atoms with Crippen molar-refractivity contribution in [3.8, 4) is 23.1 Å². The lowest BCUT2D eigenvalue weighted by atomic mass is 10.1. The number of nitrogens with one attached hydrogen (secondary N) is 1. The maximum absolute atomic E-state index is 13.2. The molecule has 0 radical (unpaired) electrons. The van der Waals surface area contributed by atoms with Crippen molar-refractivity contribution in [1.82, 2.24) is 20.4 Å². The van der Waals surface area contributed by atoms with Crippen molar-refractivity contribution in [3.63, 3.8) is 0 Å². The van der Waals surface area contributed by atoms with Gasteiger partial charge in [0.05, 0.1) is 5.56 Å². The Morgan fingerprint density at radius 2 is 1.76 bits per heavy atom. The molecule has 0 aliphatic carbocycles. The minimum absolute atomic E-state index is 0.0642. The number of hydrogen-bond acceptors (Lipinski definition) is 5. The number of rotatable bonds is 4. The van der Waals surface area contributed by atoms with Crippen LogP contribution in [-0.2, 0) is 19.0 Å². The number of alkyl halides is 6. The van der Waals surface area contributed by atoms with E-state index in [2.05, 4.69) is 20.4 Å². The Labute approximate surface area is 158 Å². The van der Waals surface area contributed by atoms with Crippen LogP contribution in [0.4, 0.5) is 26.3 Å². The van der Waals surface area contributed by atoms with Gasteiger partial charge >= 0.3 is 12.4 Å². The summed E-state index contributed by atoms with van der Waals surface area (Å²) in [5.41, 5.74) is -2.30. The molecule has 0 unspecified atom stereocenters. The second kappa shape index (κ2) is 7.42. The maximum Gasteiger partial charge on any atom is 0.433 e. The SMILES string of the molecule is N#Cc1n[nH]nc1-c1cc(OCc2ccc(C(F)(F)F)nc2)cc(C(F)(F)F)c1. The number of nitriles is 1. The van der Waals surface area contributed by atoms with E-state index in [4.69, 9.17) is 10.00 Å². The average molecular weight is 413 g/mol. The molecular formula is C17H9F6N5O. The highest BCUT2D eigenvalue weighted by Gasteiger charge is 2.33. The van der Waals surface area contributed by atoms with Crippen molar-refractivity contribution < 1.29 is 31.1 Å². The molecule has 0 atom stereocenters. The van der Waals surface area contributed by atoms with Crippen LogP contribution in [0.2, 0.25) is 0 Å². The minimum Gasteiger partial charge on any atom is -0.489 e. The standard InChI is InChI=1S/C17H9F6N5O/c18-16(19,20)11-3-10(15-13(6-24)26-28-27-15)4-12(5-11)29-8-9-1-2-14(25-7-9)17(21,22)23/h1-5,7H,8H2,(H,26,27,28). The Kier molecular flexibility index (Phi) is 5.15. The highest BCUT2D eigenvalue weighted by atomic mass is 19.4. The smallest absolute Gasteiger partial charge is 0.433 e. The summed E-state index contributed by atoms with van der Waals surface area (Å²) in [7, 11) is 0. The van der Waals surface area contributed by atoms with E-state index in [-0.39, 0.29) is 34.9 Å². The van der Waals surface area contributed by atoms with E-state index >= 15 is 0 Å². The van der Waals surface area contributed by atoms with Crippen molar-refractivity contribution >= 4 is 0 Å². The molecule has 3 rings (SSSR count). The Hall–Kier alpha value is -3.62. The van der Waals surface area contributed by atoms with Gasteiger partial charge in [-0.1, -0.05) is 6.07 Å². The third-order valence-corrected chi connectivity index (χ3v) is 3.68. The fourth-order valence-electron chi connectivity index (χ4n) is 2.34. The van der Waals surface area contributed by atoms with Crippen LogP contribution in [0.3, 0.4) is 0 Å². The summed E-state index contributed by atoms with van der Waals surface area (Å²) in [5.74, 6) is -0.221. The predicted octanol–water partition coefficient (Wildman–Crippen LogP) is 4.35. The first-order valence-corrected chi connectivity index (χ1v) is 7.76. The van der Waals surface area contributed by atoms with E-state index < -0.39 is 23.6 Å². The summed E-state index contributed by atoms with van der Waals surface area (Å²) in [5, 5.41) is 18.4. The summed E-state index contributed by atoms with van der Waals surface area (Å²) >= 11 is 0. The predicted molar refractivity (Wildman–Crippen MR) is 85.1 cm³/mol. The van der Waals surface area contributed by atoms with Gasteiger partial charge in [-0.2, -0.15) is 41.9 Å². The Morgan fingerprint density at radius 1 is 1.00 bits per heavy atom. The molecule has 3 aromatic rings. The number of aromatic nitrogens is 4. The van der Waals surface area contributed by atoms with Gasteiger partial charge < -0.3 is 4.74 Å². The topological polar surface area (TPSA) is 87.5 Å². The maximum atomic E-state index is 13.2. The van der Waals surface area contributed by atoms with E-state index in [0.29, 0.717) is 0 Å². The van der Waals surface area contributed by atoms with E-state index in [9.17, 15) is 26.3 Å². The number of ether oxygens (including phenoxy) is 1. The monoisotopic (exact) mass is 413 g/mol. The lowest BCUT2D eigenvalue weighted by Crippen LogP contribution is -2.08. The zero-order valence-corrected chi connectivity index (χ0v) is 14.1. The summed E-state index contributed by atoms with van der Waals surface area (Å²) in [4.78, 5) is 3.26. The molecular weight excluding hydrogens is 404 g/mol. The lowest BCUT2D eigenvalue weighted by molar-refractivity contribution is -0.141. The molecule has 29 heavy (non-hydrogen) atoms. The summed E-state index contributed by atoms with van der Waals surface area (Å²) < 4.78 is 82.5. The number of benzene rings is 1. The van der Waals surface area contributed by atoms with Crippen LogP contribution in [0.25, 0.3) is 11.3 Å². The van der Waals surface area contributed by atoms with Crippen molar-refractivity contribution in [3.05, 3.63) is 59.0 Å². The Morgan fingerprint density at radius 3 is 2.34 bits per heavy atom. The summed E-state index contributed by atoms with van der Waals surface area (Å²) in [6, 6.07) is 6.27. The molecule has 12 heteroatoms. The molecule has 150 valence electrons. The van der Waals surface area contributed by atoms with E-state index in [0.717, 1.165) is 30.5 Å². The Balaban J connectivity index is 1.89. The van der Waals surface area contributed by atoms with Crippen molar-refractivity contribution in [2.24, 2.45) is 0 Å². The third-order valence-electron chi connectivity index (χ3n) is 3.68. The van der Waals surface area contributed by atoms with Crippen LogP contribution in [0.5, 0.6) is 5.75 Å². The van der Waals surface area contributed by atoms with Gasteiger partial charge in [0.15, 0.2) is 5.69 Å². The van der Waals surface area contributed by atoms with Crippen LogP contribution < -0.4 is 4.74 Å². The zero-order valence-electron chi connectivity index (χ0n) is 14.1. The van der Waals surface area contributed by atoms with E-state index in [1.807, 2.05) is 0 Å². The van der Waals surface area contributed by atoms with Crippen LogP contribution in [-0.4, -0.2) is 20.4 Å². The van der Waals surface area contributed by atoms with Gasteiger partial charge in [-0.3, -0.25) is 4.98 Å². The normalized spacial score (nSPS) is 11.9. The molecule has 6 nitrogen and oxygen atoms in total. The van der Waals surface area contributed by atoms with E-state index in [1.165, 1.54) is 6.07 Å². The Bertz CT molecular complexity index is 1050. The molecule has 0 aliphatic rings. The van der Waals surface area contributed by atoms with Gasteiger partial charge in [-0.05, 0) is 24.3 Å². The van der Waals surface area contributed by atoms with Crippen LogP contribution in [0.15, 0.2) is 36.5 Å². The van der Waals surface area contributed by atoms with Crippen LogP contribution in [0.1, 0.15) is 22.5 Å². The van der Waals surface area contributed by atoms with Gasteiger partial charge in [-0.25, -0.2) is 0 Å². The van der Waals surface area contributed by atoms with Gasteiger partial charge in [0.1, 0.15) is 29.8 Å². The highest BCUT2D eigenvalue weighted by molar-refractivity contribution is 5.67. The van der Waals surface area contributed by atoms with Gasteiger partial charge in [0.25, 0.3) is 0 Å². The van der Waals surface area contributed by atoms with Crippen molar-refractivity contribution in [2.45, 2.75) is 19.0 Å². The molecule has 0 bridgehead atoms. The van der Waals surface area contributed by atoms with Crippen LogP contribution >= 0.6 is 0 Å². The fraction of sp³-hybridized carbons (Fsp3) is 0.176. The molecule has 0 saturated heterocycles. The molecule has 0 aliphatic heterocycles. The fourth-order valence-corrected chi connectivity index (χ4v) is 2.34. The molecule has 0 fully saturated rings. The molecule has 0 spiro atoms. The number of hydrogen-bond donors (Lipinski definition) is 1. The number of halogens is 6. The summed E-state index contributed by atoms with van der Waals surface area (Å²) in [6.07, 6.45) is -8.39.